The van der Waals surface area contributed by atoms with Gasteiger partial charge in [0.05, 0.1) is 0 Å². The third-order valence-electron chi connectivity index (χ3n) is 8.32. The minimum Gasteiger partial charge on any atom is -0.445 e. The molecule has 0 N–H and O–H groups in total. The zero-order chi connectivity index (χ0) is 19.2. The molecule has 27 heavy (non-hydrogen) atoms. The van der Waals surface area contributed by atoms with Crippen molar-refractivity contribution in [2.24, 2.45) is 29.1 Å². The number of esters is 1. The van der Waals surface area contributed by atoms with Crippen molar-refractivity contribution < 1.29 is 14.3 Å². The van der Waals surface area contributed by atoms with Gasteiger partial charge < -0.3 is 4.74 Å². The van der Waals surface area contributed by atoms with Gasteiger partial charge >= 0.3 is 5.97 Å². The lowest BCUT2D eigenvalue weighted by Gasteiger charge is -2.56. The second-order valence-corrected chi connectivity index (χ2v) is 9.22. The highest BCUT2D eigenvalue weighted by Crippen LogP contribution is 2.67. The highest BCUT2D eigenvalue weighted by atomic mass is 35.5. The molecule has 0 heterocycles. The van der Waals surface area contributed by atoms with E-state index in [0.717, 1.165) is 51.4 Å². The first-order chi connectivity index (χ1) is 13.0. The molecule has 6 atom stereocenters. The van der Waals surface area contributed by atoms with Gasteiger partial charge in [0.1, 0.15) is 0 Å². The molecule has 3 fully saturated rings. The zero-order valence-corrected chi connectivity index (χ0v) is 17.1. The molecule has 4 aliphatic carbocycles. The summed E-state index contributed by atoms with van der Waals surface area (Å²) in [5.41, 5.74) is 0.582. The summed E-state index contributed by atoms with van der Waals surface area (Å²) in [7, 11) is 0. The maximum Gasteiger partial charge on any atom is 0.304 e. The van der Waals surface area contributed by atoms with Gasteiger partial charge in [0.15, 0.2) is 11.4 Å². The normalized spacial score (nSPS) is 42.8. The number of ketones is 1. The van der Waals surface area contributed by atoms with Gasteiger partial charge in [0, 0.05) is 24.1 Å². The summed E-state index contributed by atoms with van der Waals surface area (Å²) in [5, 5.41) is 2.57. The smallest absolute Gasteiger partial charge is 0.304 e. The molecule has 4 heteroatoms. The molecule has 0 aromatic heterocycles. The van der Waals surface area contributed by atoms with Crippen LogP contribution in [-0.4, -0.2) is 17.4 Å². The zero-order valence-electron chi connectivity index (χ0n) is 16.4. The summed E-state index contributed by atoms with van der Waals surface area (Å²) in [6.07, 6.45) is 10.9. The van der Waals surface area contributed by atoms with E-state index in [9.17, 15) is 9.59 Å². The van der Waals surface area contributed by atoms with E-state index in [1.807, 2.05) is 6.08 Å². The lowest BCUT2D eigenvalue weighted by atomic mass is 9.49. The Balaban J connectivity index is 1.69. The Morgan fingerprint density at radius 3 is 2.74 bits per heavy atom. The van der Waals surface area contributed by atoms with Crippen LogP contribution in [-0.2, 0) is 14.3 Å². The minimum atomic E-state index is -0.733. The number of fused-ring (bicyclic) bond motifs is 5. The third kappa shape index (κ3) is 2.79. The van der Waals surface area contributed by atoms with E-state index >= 15 is 0 Å². The number of hydrogen-bond acceptors (Lipinski definition) is 3. The second kappa shape index (κ2) is 6.96. The predicted molar refractivity (Wildman–Crippen MR) is 105 cm³/mol. The van der Waals surface area contributed by atoms with E-state index in [1.165, 1.54) is 12.5 Å². The lowest BCUT2D eigenvalue weighted by Crippen LogP contribution is -2.55. The van der Waals surface area contributed by atoms with Crippen molar-refractivity contribution >= 4 is 23.4 Å². The summed E-state index contributed by atoms with van der Waals surface area (Å²) in [6, 6.07) is 0. The first kappa shape index (κ1) is 19.1. The van der Waals surface area contributed by atoms with E-state index in [1.54, 1.807) is 0 Å². The Kier molecular flexibility index (Phi) is 4.91. The SMILES string of the molecule is CC[C@]12CC[C@H]3[C@@H](CCC4=CC(=O)CC[C@@H]43)[C@@H]1CC[C@]2(C#CCl)OC(C)=O. The van der Waals surface area contributed by atoms with Crippen LogP contribution in [0, 0.1) is 40.4 Å². The molecule has 0 aromatic rings. The van der Waals surface area contributed by atoms with Crippen molar-refractivity contribution in [1.29, 1.82) is 0 Å². The van der Waals surface area contributed by atoms with Crippen LogP contribution in [0.2, 0.25) is 0 Å². The average Bonchev–Trinajstić information content (AvgIpc) is 2.95. The summed E-state index contributed by atoms with van der Waals surface area (Å²) in [6.45, 7) is 3.71. The summed E-state index contributed by atoms with van der Waals surface area (Å²) in [4.78, 5) is 23.8. The number of carbonyl (C=O) groups excluding carboxylic acids is 2. The van der Waals surface area contributed by atoms with Crippen molar-refractivity contribution in [1.82, 2.24) is 0 Å². The molecular weight excluding hydrogens is 360 g/mol. The Labute approximate surface area is 167 Å². The fourth-order valence-corrected chi connectivity index (χ4v) is 7.56. The summed E-state index contributed by atoms with van der Waals surface area (Å²) < 4.78 is 5.95. The van der Waals surface area contributed by atoms with Crippen LogP contribution in [0.1, 0.15) is 71.6 Å². The van der Waals surface area contributed by atoms with Crippen LogP contribution < -0.4 is 0 Å². The van der Waals surface area contributed by atoms with Gasteiger partial charge in [-0.2, -0.15) is 0 Å². The highest BCUT2D eigenvalue weighted by Gasteiger charge is 2.65. The van der Waals surface area contributed by atoms with Crippen LogP contribution in [0.4, 0.5) is 0 Å². The van der Waals surface area contributed by atoms with E-state index in [-0.39, 0.29) is 11.4 Å². The van der Waals surface area contributed by atoms with Crippen molar-refractivity contribution in [3.63, 3.8) is 0 Å². The quantitative estimate of drug-likeness (QED) is 0.492. The molecule has 3 nitrogen and oxygen atoms in total. The Morgan fingerprint density at radius 2 is 2.04 bits per heavy atom. The number of allylic oxidation sites excluding steroid dienone is 1. The lowest BCUT2D eigenvalue weighted by molar-refractivity contribution is -0.170. The molecule has 146 valence electrons. The number of rotatable bonds is 2. The van der Waals surface area contributed by atoms with Gasteiger partial charge in [-0.3, -0.25) is 9.59 Å². The largest absolute Gasteiger partial charge is 0.445 e. The Bertz CT molecular complexity index is 744. The molecule has 0 radical (unpaired) electrons. The van der Waals surface area contributed by atoms with Crippen molar-refractivity contribution in [2.75, 3.05) is 0 Å². The molecule has 0 spiro atoms. The summed E-state index contributed by atoms with van der Waals surface area (Å²) in [5.74, 6) is 5.62. The minimum absolute atomic E-state index is 0.0899. The van der Waals surface area contributed by atoms with Gasteiger partial charge in [-0.1, -0.05) is 12.5 Å². The fourth-order valence-electron chi connectivity index (χ4n) is 7.41. The van der Waals surface area contributed by atoms with Crippen molar-refractivity contribution in [2.45, 2.75) is 77.2 Å². The van der Waals surface area contributed by atoms with Crippen LogP contribution in [0.3, 0.4) is 0 Å². The molecule has 0 aliphatic heterocycles. The predicted octanol–water partition coefficient (Wildman–Crippen LogP) is 5.02. The Hall–Kier alpha value is -1.27. The molecule has 0 amide bonds. The summed E-state index contributed by atoms with van der Waals surface area (Å²) >= 11 is 5.86. The van der Waals surface area contributed by atoms with Gasteiger partial charge in [0.25, 0.3) is 0 Å². The number of ether oxygens (including phenoxy) is 1. The van der Waals surface area contributed by atoms with Crippen LogP contribution in [0.25, 0.3) is 0 Å². The van der Waals surface area contributed by atoms with Gasteiger partial charge in [-0.05, 0) is 98.6 Å². The first-order valence-electron chi connectivity index (χ1n) is 10.5. The van der Waals surface area contributed by atoms with Gasteiger partial charge in [0.2, 0.25) is 0 Å². The van der Waals surface area contributed by atoms with Crippen LogP contribution >= 0.6 is 11.6 Å². The van der Waals surface area contributed by atoms with Crippen LogP contribution in [0.15, 0.2) is 11.6 Å². The molecule has 4 aliphatic rings. The molecule has 0 aromatic carbocycles. The number of halogens is 1. The van der Waals surface area contributed by atoms with Gasteiger partial charge in [-0.15, -0.1) is 0 Å². The maximum absolute atomic E-state index is 11.9. The molecular formula is C23H29ClO3. The van der Waals surface area contributed by atoms with E-state index < -0.39 is 5.60 Å². The molecule has 0 saturated heterocycles. The first-order valence-corrected chi connectivity index (χ1v) is 10.9. The maximum atomic E-state index is 11.9. The number of carbonyl (C=O) groups is 2. The number of hydrogen-bond donors (Lipinski definition) is 0. The highest BCUT2D eigenvalue weighted by molar-refractivity contribution is 6.30. The average molecular weight is 389 g/mol. The third-order valence-corrected chi connectivity index (χ3v) is 8.41. The fraction of sp³-hybridized carbons (Fsp3) is 0.739. The molecule has 3 saturated carbocycles. The van der Waals surface area contributed by atoms with Crippen LogP contribution in [0.5, 0.6) is 0 Å². The second-order valence-electron chi connectivity index (χ2n) is 9.03. The van der Waals surface area contributed by atoms with Crippen molar-refractivity contribution in [3.05, 3.63) is 11.6 Å². The topological polar surface area (TPSA) is 43.4 Å². The van der Waals surface area contributed by atoms with Gasteiger partial charge in [-0.25, -0.2) is 0 Å². The monoisotopic (exact) mass is 388 g/mol. The molecule has 0 bridgehead atoms. The molecule has 4 rings (SSSR count). The van der Waals surface area contributed by atoms with E-state index in [2.05, 4.69) is 18.2 Å². The standard InChI is InChI=1S/C23H29ClO3/c1-3-22-10-8-19-18-7-5-17(26)14-16(18)4-6-20(19)21(22)9-11-23(22,12-13-24)27-15(2)25/h14,18-21H,3-11H2,1-2H3/t18-,19+,20+,21-,22-,23+/m0/s1. The van der Waals surface area contributed by atoms with Crippen molar-refractivity contribution in [3.8, 4) is 11.3 Å². The van der Waals surface area contributed by atoms with E-state index in [0.29, 0.717) is 35.9 Å². The van der Waals surface area contributed by atoms with E-state index in [4.69, 9.17) is 16.3 Å². The Morgan fingerprint density at radius 1 is 1.22 bits per heavy atom. The molecule has 0 unspecified atom stereocenters.